The Hall–Kier alpha value is -1.67. The normalized spacial score (nSPS) is 11.0. The lowest BCUT2D eigenvalue weighted by atomic mass is 10.3. The second-order valence-corrected chi connectivity index (χ2v) is 7.05. The molecule has 5 nitrogen and oxygen atoms in total. The average molecular weight is 356 g/mol. The van der Waals surface area contributed by atoms with Gasteiger partial charge in [0.15, 0.2) is 5.11 Å². The Bertz CT molecular complexity index is 777. The van der Waals surface area contributed by atoms with Gasteiger partial charge < -0.3 is 10.6 Å². The van der Waals surface area contributed by atoms with Crippen LogP contribution in [0, 0.1) is 0 Å². The third-order valence-corrected chi connectivity index (χ3v) is 4.64. The van der Waals surface area contributed by atoms with E-state index in [4.69, 9.17) is 23.8 Å². The van der Waals surface area contributed by atoms with Crippen molar-refractivity contribution in [3.63, 3.8) is 0 Å². The first kappa shape index (κ1) is 16.7. The van der Waals surface area contributed by atoms with Crippen LogP contribution in [0.4, 0.5) is 11.4 Å². The van der Waals surface area contributed by atoms with Gasteiger partial charge in [-0.05, 0) is 61.7 Å². The fourth-order valence-electron chi connectivity index (χ4n) is 1.69. The summed E-state index contributed by atoms with van der Waals surface area (Å²) in [6.07, 6.45) is 0. The summed E-state index contributed by atoms with van der Waals surface area (Å²) in [5.41, 5.74) is 1.44. The van der Waals surface area contributed by atoms with E-state index in [0.717, 1.165) is 5.69 Å². The van der Waals surface area contributed by atoms with Crippen molar-refractivity contribution in [3.05, 3.63) is 53.6 Å². The van der Waals surface area contributed by atoms with Gasteiger partial charge in [-0.15, -0.1) is 0 Å². The van der Waals surface area contributed by atoms with Gasteiger partial charge in [-0.25, -0.2) is 13.1 Å². The first-order valence-electron chi connectivity index (χ1n) is 6.28. The maximum Gasteiger partial charge on any atom is 0.240 e. The minimum absolute atomic E-state index is 0.189. The summed E-state index contributed by atoms with van der Waals surface area (Å²) in [4.78, 5) is 0.189. The molecule has 0 radical (unpaired) electrons. The van der Waals surface area contributed by atoms with E-state index in [0.29, 0.717) is 15.8 Å². The second-order valence-electron chi connectivity index (χ2n) is 4.32. The van der Waals surface area contributed by atoms with Gasteiger partial charge in [0.05, 0.1) is 4.90 Å². The van der Waals surface area contributed by atoms with Crippen molar-refractivity contribution in [2.24, 2.45) is 0 Å². The Morgan fingerprint density at radius 3 is 2.27 bits per heavy atom. The molecule has 0 unspecified atom stereocenters. The fraction of sp³-hybridized carbons (Fsp3) is 0.0714. The van der Waals surface area contributed by atoms with Crippen LogP contribution in [0.15, 0.2) is 53.4 Å². The Labute approximate surface area is 139 Å². The highest BCUT2D eigenvalue weighted by Gasteiger charge is 2.10. The molecule has 0 fully saturated rings. The highest BCUT2D eigenvalue weighted by atomic mass is 35.5. The molecule has 22 heavy (non-hydrogen) atoms. The molecule has 2 aromatic rings. The number of nitrogens with one attached hydrogen (secondary N) is 3. The van der Waals surface area contributed by atoms with Crippen LogP contribution >= 0.6 is 23.8 Å². The fourth-order valence-corrected chi connectivity index (χ4v) is 2.85. The van der Waals surface area contributed by atoms with Crippen molar-refractivity contribution < 1.29 is 8.42 Å². The van der Waals surface area contributed by atoms with E-state index in [9.17, 15) is 8.42 Å². The van der Waals surface area contributed by atoms with Crippen molar-refractivity contribution in [1.82, 2.24) is 4.72 Å². The van der Waals surface area contributed by atoms with E-state index in [1.165, 1.54) is 19.2 Å². The third kappa shape index (κ3) is 4.41. The molecule has 0 bridgehead atoms. The highest BCUT2D eigenvalue weighted by Crippen LogP contribution is 2.17. The predicted octanol–water partition coefficient (Wildman–Crippen LogP) is 3.06. The third-order valence-electron chi connectivity index (χ3n) is 2.77. The second kappa shape index (κ2) is 7.06. The zero-order valence-electron chi connectivity index (χ0n) is 11.6. The maximum atomic E-state index is 11.6. The van der Waals surface area contributed by atoms with Gasteiger partial charge in [-0.2, -0.15) is 0 Å². The Balaban J connectivity index is 2.03. The first-order chi connectivity index (χ1) is 10.4. The van der Waals surface area contributed by atoms with Crippen LogP contribution in [0.2, 0.25) is 5.02 Å². The smallest absolute Gasteiger partial charge is 0.240 e. The Morgan fingerprint density at radius 2 is 1.68 bits per heavy atom. The van der Waals surface area contributed by atoms with Gasteiger partial charge in [-0.1, -0.05) is 17.7 Å². The van der Waals surface area contributed by atoms with E-state index in [1.54, 1.807) is 24.3 Å². The molecule has 0 aromatic heterocycles. The number of rotatable bonds is 4. The zero-order valence-corrected chi connectivity index (χ0v) is 14.0. The molecule has 0 spiro atoms. The predicted molar refractivity (Wildman–Crippen MR) is 94.0 cm³/mol. The molecule has 0 heterocycles. The summed E-state index contributed by atoms with van der Waals surface area (Å²) < 4.78 is 25.5. The summed E-state index contributed by atoms with van der Waals surface area (Å²) >= 11 is 11.1. The number of hydrogen-bond acceptors (Lipinski definition) is 3. The Morgan fingerprint density at radius 1 is 1.05 bits per heavy atom. The summed E-state index contributed by atoms with van der Waals surface area (Å²) in [5, 5.41) is 6.95. The minimum Gasteiger partial charge on any atom is -0.332 e. The van der Waals surface area contributed by atoms with Crippen molar-refractivity contribution in [3.8, 4) is 0 Å². The molecular formula is C14H14ClN3O2S2. The average Bonchev–Trinajstić information content (AvgIpc) is 2.47. The van der Waals surface area contributed by atoms with E-state index >= 15 is 0 Å². The summed E-state index contributed by atoms with van der Waals surface area (Å²) in [6, 6.07) is 13.4. The monoisotopic (exact) mass is 355 g/mol. The van der Waals surface area contributed by atoms with Crippen molar-refractivity contribution >= 4 is 50.3 Å². The molecule has 8 heteroatoms. The zero-order chi connectivity index (χ0) is 16.2. The largest absolute Gasteiger partial charge is 0.332 e. The quantitative estimate of drug-likeness (QED) is 0.735. The van der Waals surface area contributed by atoms with Gasteiger partial charge in [-0.3, -0.25) is 0 Å². The lowest BCUT2D eigenvalue weighted by Gasteiger charge is -2.11. The van der Waals surface area contributed by atoms with Crippen molar-refractivity contribution in [2.75, 3.05) is 17.7 Å². The van der Waals surface area contributed by atoms with Gasteiger partial charge >= 0.3 is 0 Å². The lowest BCUT2D eigenvalue weighted by molar-refractivity contribution is 0.588. The van der Waals surface area contributed by atoms with Crippen molar-refractivity contribution in [2.45, 2.75) is 4.90 Å². The molecule has 0 saturated heterocycles. The first-order valence-corrected chi connectivity index (χ1v) is 8.55. The van der Waals surface area contributed by atoms with Crippen LogP contribution in [0.1, 0.15) is 0 Å². The standard InChI is InChI=1S/C14H14ClN3O2S2/c1-16-22(19,20)13-7-5-11(6-8-13)17-14(21)18-12-4-2-3-10(15)9-12/h2-9,16H,1H3,(H2,17,18,21). The number of anilines is 2. The van der Waals surface area contributed by atoms with E-state index in [-0.39, 0.29) is 4.90 Å². The molecule has 2 rings (SSSR count). The van der Waals surface area contributed by atoms with Gasteiger partial charge in [0.2, 0.25) is 10.0 Å². The van der Waals surface area contributed by atoms with Crippen LogP contribution < -0.4 is 15.4 Å². The highest BCUT2D eigenvalue weighted by molar-refractivity contribution is 7.89. The number of benzene rings is 2. The SMILES string of the molecule is CNS(=O)(=O)c1ccc(NC(=S)Nc2cccc(Cl)c2)cc1. The Kier molecular flexibility index (Phi) is 5.36. The lowest BCUT2D eigenvalue weighted by Crippen LogP contribution is -2.20. The molecule has 0 amide bonds. The van der Waals surface area contributed by atoms with Crippen LogP contribution in [0.5, 0.6) is 0 Å². The molecular weight excluding hydrogens is 342 g/mol. The molecule has 2 aromatic carbocycles. The number of hydrogen-bond donors (Lipinski definition) is 3. The molecule has 0 saturated carbocycles. The molecule has 0 atom stereocenters. The topological polar surface area (TPSA) is 70.2 Å². The van der Waals surface area contributed by atoms with Gasteiger partial charge in [0, 0.05) is 16.4 Å². The van der Waals surface area contributed by atoms with Crippen LogP contribution in [0.3, 0.4) is 0 Å². The van der Waals surface area contributed by atoms with E-state index < -0.39 is 10.0 Å². The minimum atomic E-state index is -3.44. The molecule has 116 valence electrons. The molecule has 0 aliphatic heterocycles. The summed E-state index contributed by atoms with van der Waals surface area (Å²) in [5.74, 6) is 0. The number of halogens is 1. The van der Waals surface area contributed by atoms with E-state index in [2.05, 4.69) is 15.4 Å². The molecule has 3 N–H and O–H groups in total. The van der Waals surface area contributed by atoms with Crippen LogP contribution in [-0.4, -0.2) is 20.6 Å². The van der Waals surface area contributed by atoms with Crippen LogP contribution in [-0.2, 0) is 10.0 Å². The summed E-state index contributed by atoms with van der Waals surface area (Å²) in [7, 11) is -2.07. The van der Waals surface area contributed by atoms with Gasteiger partial charge in [0.25, 0.3) is 0 Å². The van der Waals surface area contributed by atoms with Gasteiger partial charge in [0.1, 0.15) is 0 Å². The number of thiocarbonyl (C=S) groups is 1. The molecule has 0 aliphatic carbocycles. The van der Waals surface area contributed by atoms with Crippen molar-refractivity contribution in [1.29, 1.82) is 0 Å². The van der Waals surface area contributed by atoms with E-state index in [1.807, 2.05) is 12.1 Å². The summed E-state index contributed by atoms with van der Waals surface area (Å²) in [6.45, 7) is 0. The maximum absolute atomic E-state index is 11.6. The number of sulfonamides is 1. The molecule has 0 aliphatic rings. The van der Waals surface area contributed by atoms with Crippen LogP contribution in [0.25, 0.3) is 0 Å².